The quantitative estimate of drug-likeness (QED) is 0.726. The molecule has 0 aliphatic carbocycles. The lowest BCUT2D eigenvalue weighted by Crippen LogP contribution is -2.43. The topological polar surface area (TPSA) is 80.3 Å². The van der Waals surface area contributed by atoms with Crippen LogP contribution in [-0.2, 0) is 14.3 Å². The minimum Gasteiger partial charge on any atom is -0.469 e. The summed E-state index contributed by atoms with van der Waals surface area (Å²) in [5, 5.41) is 8.18. The van der Waals surface area contributed by atoms with Crippen molar-refractivity contribution in [2.24, 2.45) is 0 Å². The molecule has 1 unspecified atom stereocenters. The second-order valence-corrected chi connectivity index (χ2v) is 6.26. The number of morpholine rings is 1. The van der Waals surface area contributed by atoms with E-state index >= 15 is 0 Å². The molecule has 134 valence electrons. The van der Waals surface area contributed by atoms with E-state index in [1.54, 1.807) is 0 Å². The van der Waals surface area contributed by atoms with E-state index in [2.05, 4.69) is 32.2 Å². The maximum Gasteiger partial charge on any atom is 0.308 e. The van der Waals surface area contributed by atoms with Crippen molar-refractivity contribution in [1.82, 2.24) is 15.2 Å². The molecule has 0 amide bonds. The lowest BCUT2D eigenvalue weighted by Gasteiger charge is -2.33. The van der Waals surface area contributed by atoms with Gasteiger partial charge in [-0.25, -0.2) is 4.98 Å². The summed E-state index contributed by atoms with van der Waals surface area (Å²) >= 11 is 0. The van der Waals surface area contributed by atoms with Crippen molar-refractivity contribution in [3.05, 3.63) is 42.7 Å². The molecule has 1 aliphatic heterocycles. The lowest BCUT2D eigenvalue weighted by molar-refractivity contribution is -0.144. The van der Waals surface area contributed by atoms with Gasteiger partial charge in [0.15, 0.2) is 0 Å². The van der Waals surface area contributed by atoms with Crippen LogP contribution in [-0.4, -0.2) is 54.1 Å². The Morgan fingerprint density at radius 1 is 1.35 bits per heavy atom. The number of pyridine rings is 1. The van der Waals surface area contributed by atoms with Crippen molar-refractivity contribution >= 4 is 22.7 Å². The maximum atomic E-state index is 11.5. The Bertz CT molecular complexity index is 907. The van der Waals surface area contributed by atoms with Crippen LogP contribution in [0.3, 0.4) is 0 Å². The minimum absolute atomic E-state index is 0.169. The number of hydrogen-bond acceptors (Lipinski definition) is 6. The summed E-state index contributed by atoms with van der Waals surface area (Å²) in [5.74, 6) is 0.625. The Morgan fingerprint density at radius 2 is 2.27 bits per heavy atom. The fourth-order valence-electron chi connectivity index (χ4n) is 3.27. The van der Waals surface area contributed by atoms with Crippen LogP contribution in [0.25, 0.3) is 22.0 Å². The number of nitrogens with zero attached hydrogens (tertiary/aromatic N) is 3. The highest BCUT2D eigenvalue weighted by atomic mass is 16.5. The number of ether oxygens (including phenoxy) is 2. The number of benzene rings is 1. The molecule has 1 aliphatic rings. The second kappa shape index (κ2) is 7.13. The zero-order valence-electron chi connectivity index (χ0n) is 14.5. The number of carbonyl (C=O) groups is 1. The van der Waals surface area contributed by atoms with Gasteiger partial charge in [0.1, 0.15) is 5.82 Å². The molecule has 3 heterocycles. The first-order valence-electron chi connectivity index (χ1n) is 8.56. The number of methoxy groups -OCH3 is 1. The number of carbonyl (C=O) groups excluding carboxylic acids is 1. The number of aromatic amines is 1. The lowest BCUT2D eigenvalue weighted by atomic mass is 10.0. The highest BCUT2D eigenvalue weighted by molar-refractivity contribution is 5.94. The van der Waals surface area contributed by atoms with Gasteiger partial charge in [0.05, 0.1) is 38.0 Å². The monoisotopic (exact) mass is 352 g/mol. The molecule has 3 aromatic rings. The summed E-state index contributed by atoms with van der Waals surface area (Å²) in [6, 6.07) is 10.1. The van der Waals surface area contributed by atoms with Crippen LogP contribution in [0.5, 0.6) is 0 Å². The summed E-state index contributed by atoms with van der Waals surface area (Å²) in [5.41, 5.74) is 3.14. The van der Waals surface area contributed by atoms with Gasteiger partial charge in [-0.3, -0.25) is 9.89 Å². The van der Waals surface area contributed by atoms with Gasteiger partial charge in [-0.1, -0.05) is 12.1 Å². The second-order valence-electron chi connectivity index (χ2n) is 6.26. The molecule has 0 radical (unpaired) electrons. The SMILES string of the molecule is COC(=O)CC1CN(c2ccc(-c3cccc4[nH]ncc34)cn2)CCO1. The Morgan fingerprint density at radius 3 is 3.08 bits per heavy atom. The molecule has 1 saturated heterocycles. The van der Waals surface area contributed by atoms with Crippen molar-refractivity contribution in [3.8, 4) is 11.1 Å². The number of fused-ring (bicyclic) bond motifs is 1. The van der Waals surface area contributed by atoms with Gasteiger partial charge in [0.2, 0.25) is 0 Å². The van der Waals surface area contributed by atoms with Crippen molar-refractivity contribution in [2.75, 3.05) is 31.7 Å². The Labute approximate surface area is 150 Å². The molecule has 26 heavy (non-hydrogen) atoms. The average molecular weight is 352 g/mol. The molecule has 0 bridgehead atoms. The van der Waals surface area contributed by atoms with Crippen molar-refractivity contribution in [1.29, 1.82) is 0 Å². The van der Waals surface area contributed by atoms with Crippen molar-refractivity contribution in [3.63, 3.8) is 0 Å². The molecule has 1 fully saturated rings. The van der Waals surface area contributed by atoms with Crippen LogP contribution < -0.4 is 4.90 Å². The van der Waals surface area contributed by atoms with E-state index < -0.39 is 0 Å². The van der Waals surface area contributed by atoms with Gasteiger partial charge in [0.25, 0.3) is 0 Å². The smallest absolute Gasteiger partial charge is 0.308 e. The van der Waals surface area contributed by atoms with Crippen LogP contribution in [0.2, 0.25) is 0 Å². The summed E-state index contributed by atoms with van der Waals surface area (Å²) in [6.07, 6.45) is 3.80. The first-order valence-corrected chi connectivity index (χ1v) is 8.56. The Hall–Kier alpha value is -2.93. The van der Waals surface area contributed by atoms with Crippen LogP contribution in [0.1, 0.15) is 6.42 Å². The van der Waals surface area contributed by atoms with Gasteiger partial charge in [-0.2, -0.15) is 5.10 Å². The number of hydrogen-bond donors (Lipinski definition) is 1. The number of aromatic nitrogens is 3. The molecule has 0 saturated carbocycles. The summed E-state index contributed by atoms with van der Waals surface area (Å²) in [6.45, 7) is 1.94. The van der Waals surface area contributed by atoms with Crippen molar-refractivity contribution in [2.45, 2.75) is 12.5 Å². The molecule has 0 spiro atoms. The Balaban J connectivity index is 1.52. The van der Waals surface area contributed by atoms with E-state index in [1.165, 1.54) is 7.11 Å². The van der Waals surface area contributed by atoms with Gasteiger partial charge >= 0.3 is 5.97 Å². The van der Waals surface area contributed by atoms with Crippen LogP contribution in [0.15, 0.2) is 42.7 Å². The summed E-state index contributed by atoms with van der Waals surface area (Å²) in [7, 11) is 1.39. The summed E-state index contributed by atoms with van der Waals surface area (Å²) in [4.78, 5) is 18.2. The standard InChI is InChI=1S/C19H20N4O3/c1-25-19(24)9-14-12-23(7-8-26-14)18-6-5-13(10-20-18)15-3-2-4-17-16(15)11-21-22-17/h2-6,10-11,14H,7-9,12H2,1H3,(H,21,22). The largest absolute Gasteiger partial charge is 0.469 e. The number of rotatable bonds is 4. The van der Waals surface area contributed by atoms with E-state index in [-0.39, 0.29) is 18.5 Å². The highest BCUT2D eigenvalue weighted by Gasteiger charge is 2.24. The molecule has 1 N–H and O–H groups in total. The molecule has 7 heteroatoms. The summed E-state index contributed by atoms with van der Waals surface area (Å²) < 4.78 is 10.4. The average Bonchev–Trinajstić information content (AvgIpc) is 3.17. The van der Waals surface area contributed by atoms with Gasteiger partial charge in [-0.15, -0.1) is 0 Å². The van der Waals surface area contributed by atoms with Crippen LogP contribution >= 0.6 is 0 Å². The molecule has 4 rings (SSSR count). The van der Waals surface area contributed by atoms with Gasteiger partial charge < -0.3 is 14.4 Å². The first kappa shape index (κ1) is 16.5. The molecule has 7 nitrogen and oxygen atoms in total. The maximum absolute atomic E-state index is 11.5. The zero-order chi connectivity index (χ0) is 17.9. The van der Waals surface area contributed by atoms with Gasteiger partial charge in [0, 0.05) is 30.2 Å². The number of nitrogens with one attached hydrogen (secondary N) is 1. The minimum atomic E-state index is -0.256. The Kier molecular flexibility index (Phi) is 4.53. The van der Waals surface area contributed by atoms with E-state index in [0.29, 0.717) is 13.2 Å². The number of H-pyrrole nitrogens is 1. The highest BCUT2D eigenvalue weighted by Crippen LogP contribution is 2.28. The fraction of sp³-hybridized carbons (Fsp3) is 0.316. The van der Waals surface area contributed by atoms with Crippen LogP contribution in [0.4, 0.5) is 5.82 Å². The zero-order valence-corrected chi connectivity index (χ0v) is 14.5. The predicted octanol–water partition coefficient (Wildman–Crippen LogP) is 2.39. The molecular weight excluding hydrogens is 332 g/mol. The fourth-order valence-corrected chi connectivity index (χ4v) is 3.27. The molecule has 1 aromatic carbocycles. The van der Waals surface area contributed by atoms with Gasteiger partial charge in [-0.05, 0) is 23.8 Å². The van der Waals surface area contributed by atoms with Crippen molar-refractivity contribution < 1.29 is 14.3 Å². The molecule has 2 aromatic heterocycles. The third kappa shape index (κ3) is 3.25. The molecular formula is C19H20N4O3. The van der Waals surface area contributed by atoms with E-state index in [1.807, 2.05) is 30.6 Å². The van der Waals surface area contributed by atoms with Crippen LogP contribution in [0, 0.1) is 0 Å². The normalized spacial score (nSPS) is 17.4. The third-order valence-corrected chi connectivity index (χ3v) is 4.63. The first-order chi connectivity index (χ1) is 12.7. The molecule has 1 atom stereocenters. The third-order valence-electron chi connectivity index (χ3n) is 4.63. The van der Waals surface area contributed by atoms with E-state index in [0.717, 1.165) is 34.4 Å². The van der Waals surface area contributed by atoms with E-state index in [4.69, 9.17) is 9.47 Å². The van der Waals surface area contributed by atoms with E-state index in [9.17, 15) is 4.79 Å². The number of esters is 1. The predicted molar refractivity (Wildman–Crippen MR) is 97.9 cm³/mol. The number of anilines is 1.